The topological polar surface area (TPSA) is 20.3 Å². The third-order valence-electron chi connectivity index (χ3n) is 3.98. The second-order valence-electron chi connectivity index (χ2n) is 5.41. The first-order chi connectivity index (χ1) is 8.68. The Bertz CT molecular complexity index is 413. The molecule has 18 heavy (non-hydrogen) atoms. The maximum absolute atomic E-state index is 12.3. The Morgan fingerprint density at radius 1 is 1.28 bits per heavy atom. The van der Waals surface area contributed by atoms with E-state index < -0.39 is 0 Å². The fourth-order valence-corrected chi connectivity index (χ4v) is 2.72. The SMILES string of the molecule is Cc1ccccc1C(=O)CN1CCCCCC1C. The number of likely N-dealkylation sites (tertiary alicyclic amines) is 1. The van der Waals surface area contributed by atoms with E-state index in [4.69, 9.17) is 0 Å². The quantitative estimate of drug-likeness (QED) is 0.760. The summed E-state index contributed by atoms with van der Waals surface area (Å²) in [5.41, 5.74) is 1.97. The molecule has 1 atom stereocenters. The predicted molar refractivity (Wildman–Crippen MR) is 75.0 cm³/mol. The fraction of sp³-hybridized carbons (Fsp3) is 0.562. The summed E-state index contributed by atoms with van der Waals surface area (Å²) >= 11 is 0. The minimum absolute atomic E-state index is 0.266. The van der Waals surface area contributed by atoms with Gasteiger partial charge < -0.3 is 0 Å². The number of aryl methyl sites for hydroxylation is 1. The standard InChI is InChI=1S/C16H23NO/c1-13-8-5-6-10-15(13)16(18)12-17-11-7-3-4-9-14(17)2/h5-6,8,10,14H,3-4,7,9,11-12H2,1-2H3. The second-order valence-corrected chi connectivity index (χ2v) is 5.41. The lowest BCUT2D eigenvalue weighted by molar-refractivity contribution is 0.0901. The van der Waals surface area contributed by atoms with Gasteiger partial charge in [-0.05, 0) is 38.8 Å². The van der Waals surface area contributed by atoms with Crippen LogP contribution >= 0.6 is 0 Å². The molecule has 1 aliphatic rings. The van der Waals surface area contributed by atoms with Gasteiger partial charge in [0.15, 0.2) is 5.78 Å². The van der Waals surface area contributed by atoms with Crippen molar-refractivity contribution in [2.24, 2.45) is 0 Å². The summed E-state index contributed by atoms with van der Waals surface area (Å²) in [6.45, 7) is 5.90. The molecule has 0 N–H and O–H groups in total. The van der Waals surface area contributed by atoms with Crippen LogP contribution < -0.4 is 0 Å². The van der Waals surface area contributed by atoms with Gasteiger partial charge in [-0.2, -0.15) is 0 Å². The first-order valence-corrected chi connectivity index (χ1v) is 7.01. The summed E-state index contributed by atoms with van der Waals surface area (Å²) in [5, 5.41) is 0. The van der Waals surface area contributed by atoms with E-state index in [0.717, 1.165) is 17.7 Å². The molecule has 1 aromatic rings. The van der Waals surface area contributed by atoms with Crippen LogP contribution in [0, 0.1) is 6.92 Å². The molecule has 1 unspecified atom stereocenters. The van der Waals surface area contributed by atoms with Crippen molar-refractivity contribution in [1.82, 2.24) is 4.90 Å². The molecule has 2 heteroatoms. The molecule has 0 spiro atoms. The fourth-order valence-electron chi connectivity index (χ4n) is 2.72. The third kappa shape index (κ3) is 3.20. The average Bonchev–Trinajstić information content (AvgIpc) is 2.55. The number of hydrogen-bond donors (Lipinski definition) is 0. The molecular formula is C16H23NO. The van der Waals surface area contributed by atoms with Crippen LogP contribution in [0.4, 0.5) is 0 Å². The van der Waals surface area contributed by atoms with Gasteiger partial charge in [0.05, 0.1) is 6.54 Å². The Labute approximate surface area is 110 Å². The number of ketones is 1. The van der Waals surface area contributed by atoms with Crippen molar-refractivity contribution in [1.29, 1.82) is 0 Å². The molecule has 1 aliphatic heterocycles. The number of carbonyl (C=O) groups excluding carboxylic acids is 1. The maximum atomic E-state index is 12.3. The summed E-state index contributed by atoms with van der Waals surface area (Å²) in [4.78, 5) is 14.7. The normalized spacial score (nSPS) is 21.6. The lowest BCUT2D eigenvalue weighted by atomic mass is 10.0. The van der Waals surface area contributed by atoms with Gasteiger partial charge in [-0.25, -0.2) is 0 Å². The van der Waals surface area contributed by atoms with Crippen molar-refractivity contribution in [2.45, 2.75) is 45.6 Å². The van der Waals surface area contributed by atoms with E-state index in [-0.39, 0.29) is 5.78 Å². The van der Waals surface area contributed by atoms with Crippen LogP contribution in [0.15, 0.2) is 24.3 Å². The van der Waals surface area contributed by atoms with E-state index in [2.05, 4.69) is 11.8 Å². The summed E-state index contributed by atoms with van der Waals surface area (Å²) in [6.07, 6.45) is 5.06. The summed E-state index contributed by atoms with van der Waals surface area (Å²) < 4.78 is 0. The van der Waals surface area contributed by atoms with Crippen molar-refractivity contribution < 1.29 is 4.79 Å². The van der Waals surface area contributed by atoms with Gasteiger partial charge >= 0.3 is 0 Å². The van der Waals surface area contributed by atoms with Gasteiger partial charge in [-0.15, -0.1) is 0 Å². The first-order valence-electron chi connectivity index (χ1n) is 7.01. The largest absolute Gasteiger partial charge is 0.293 e. The molecule has 0 saturated carbocycles. The third-order valence-corrected chi connectivity index (χ3v) is 3.98. The highest BCUT2D eigenvalue weighted by Crippen LogP contribution is 2.17. The molecule has 0 aromatic heterocycles. The van der Waals surface area contributed by atoms with Crippen LogP contribution in [-0.4, -0.2) is 29.8 Å². The Hall–Kier alpha value is -1.15. The summed E-state index contributed by atoms with van der Waals surface area (Å²) in [7, 11) is 0. The van der Waals surface area contributed by atoms with Gasteiger partial charge in [0.2, 0.25) is 0 Å². The zero-order valence-corrected chi connectivity index (χ0v) is 11.5. The van der Waals surface area contributed by atoms with Crippen LogP contribution in [0.2, 0.25) is 0 Å². The van der Waals surface area contributed by atoms with Gasteiger partial charge in [0.25, 0.3) is 0 Å². The van der Waals surface area contributed by atoms with E-state index in [1.807, 2.05) is 31.2 Å². The smallest absolute Gasteiger partial charge is 0.177 e. The number of nitrogens with zero attached hydrogens (tertiary/aromatic N) is 1. The van der Waals surface area contributed by atoms with E-state index >= 15 is 0 Å². The van der Waals surface area contributed by atoms with Crippen LogP contribution in [0.5, 0.6) is 0 Å². The van der Waals surface area contributed by atoms with Crippen LogP contribution in [0.1, 0.15) is 48.5 Å². The molecule has 1 heterocycles. The van der Waals surface area contributed by atoms with E-state index in [1.165, 1.54) is 25.7 Å². The van der Waals surface area contributed by atoms with Crippen molar-refractivity contribution in [2.75, 3.05) is 13.1 Å². The molecule has 0 aliphatic carbocycles. The van der Waals surface area contributed by atoms with Gasteiger partial charge in [0.1, 0.15) is 0 Å². The molecular weight excluding hydrogens is 222 g/mol. The lowest BCUT2D eigenvalue weighted by Crippen LogP contribution is -2.37. The molecule has 0 amide bonds. The molecule has 0 radical (unpaired) electrons. The first kappa shape index (κ1) is 13.3. The van der Waals surface area contributed by atoms with Crippen molar-refractivity contribution in [3.63, 3.8) is 0 Å². The van der Waals surface area contributed by atoms with Gasteiger partial charge in [-0.1, -0.05) is 37.1 Å². The minimum Gasteiger partial charge on any atom is -0.293 e. The highest BCUT2D eigenvalue weighted by molar-refractivity contribution is 5.98. The number of carbonyl (C=O) groups is 1. The Morgan fingerprint density at radius 3 is 2.83 bits per heavy atom. The van der Waals surface area contributed by atoms with Crippen molar-refractivity contribution >= 4 is 5.78 Å². The van der Waals surface area contributed by atoms with Crippen molar-refractivity contribution in [3.05, 3.63) is 35.4 Å². The molecule has 0 bridgehead atoms. The zero-order chi connectivity index (χ0) is 13.0. The zero-order valence-electron chi connectivity index (χ0n) is 11.5. The number of benzene rings is 1. The molecule has 2 nitrogen and oxygen atoms in total. The van der Waals surface area contributed by atoms with Crippen LogP contribution in [0.25, 0.3) is 0 Å². The predicted octanol–water partition coefficient (Wildman–Crippen LogP) is 3.44. The van der Waals surface area contributed by atoms with Crippen LogP contribution in [0.3, 0.4) is 0 Å². The van der Waals surface area contributed by atoms with Crippen molar-refractivity contribution in [3.8, 4) is 0 Å². The second kappa shape index (κ2) is 6.14. The molecule has 2 rings (SSSR count). The Morgan fingerprint density at radius 2 is 2.06 bits per heavy atom. The highest BCUT2D eigenvalue weighted by atomic mass is 16.1. The monoisotopic (exact) mass is 245 g/mol. The maximum Gasteiger partial charge on any atom is 0.177 e. The van der Waals surface area contributed by atoms with Crippen LogP contribution in [-0.2, 0) is 0 Å². The van der Waals surface area contributed by atoms with E-state index in [0.29, 0.717) is 12.6 Å². The van der Waals surface area contributed by atoms with E-state index in [9.17, 15) is 4.79 Å². The van der Waals surface area contributed by atoms with E-state index in [1.54, 1.807) is 0 Å². The van der Waals surface area contributed by atoms with Gasteiger partial charge in [0, 0.05) is 11.6 Å². The minimum atomic E-state index is 0.266. The Balaban J connectivity index is 2.04. The molecule has 1 aromatic carbocycles. The average molecular weight is 245 g/mol. The molecule has 1 saturated heterocycles. The number of Topliss-reactive ketones (excluding diaryl/α,β-unsaturated/α-hetero) is 1. The molecule has 98 valence electrons. The summed E-state index contributed by atoms with van der Waals surface area (Å²) in [6, 6.07) is 8.44. The Kier molecular flexibility index (Phi) is 4.54. The number of rotatable bonds is 3. The highest BCUT2D eigenvalue weighted by Gasteiger charge is 2.20. The number of hydrogen-bond acceptors (Lipinski definition) is 2. The summed E-state index contributed by atoms with van der Waals surface area (Å²) in [5.74, 6) is 0.266. The molecule has 1 fully saturated rings. The van der Waals surface area contributed by atoms with Gasteiger partial charge in [-0.3, -0.25) is 9.69 Å². The lowest BCUT2D eigenvalue weighted by Gasteiger charge is -2.26.